The summed E-state index contributed by atoms with van der Waals surface area (Å²) in [6, 6.07) is 27.0. The number of hydrogen-bond acceptors (Lipinski definition) is 3. The number of hydrogen-bond donors (Lipinski definition) is 0. The lowest BCUT2D eigenvalue weighted by Gasteiger charge is -2.38. The minimum Gasteiger partial charge on any atom is -0.463 e. The zero-order valence-corrected chi connectivity index (χ0v) is 20.7. The lowest BCUT2D eigenvalue weighted by Crippen LogP contribution is -2.33. The molecule has 0 unspecified atom stereocenters. The largest absolute Gasteiger partial charge is 0.463 e. The van der Waals surface area contributed by atoms with Gasteiger partial charge in [-0.15, -0.1) is 0 Å². The third kappa shape index (κ3) is 3.43. The van der Waals surface area contributed by atoms with Gasteiger partial charge >= 0.3 is 0 Å². The molecule has 0 spiro atoms. The van der Waals surface area contributed by atoms with E-state index in [1.165, 1.54) is 10.8 Å². The zero-order chi connectivity index (χ0) is 21.8. The molecule has 0 bridgehead atoms. The van der Waals surface area contributed by atoms with E-state index in [4.69, 9.17) is 21.4 Å². The third-order valence-electron chi connectivity index (χ3n) is 6.02. The van der Waals surface area contributed by atoms with Gasteiger partial charge in [-0.05, 0) is 62.6 Å². The van der Waals surface area contributed by atoms with E-state index in [0.29, 0.717) is 5.02 Å². The maximum Gasteiger partial charge on any atom is 0.213 e. The molecule has 2 aliphatic heterocycles. The lowest BCUT2D eigenvalue weighted by molar-refractivity contribution is -0.0197. The summed E-state index contributed by atoms with van der Waals surface area (Å²) in [7, 11) is 0. The van der Waals surface area contributed by atoms with E-state index < -0.39 is 0 Å². The highest BCUT2D eigenvalue weighted by molar-refractivity contribution is 9.11. The Morgan fingerprint density at radius 3 is 2.59 bits per heavy atom. The summed E-state index contributed by atoms with van der Waals surface area (Å²) in [5.41, 5.74) is 4.29. The summed E-state index contributed by atoms with van der Waals surface area (Å²) in [5, 5.41) is 10.3. The predicted molar refractivity (Wildman–Crippen MR) is 136 cm³/mol. The Morgan fingerprint density at radius 1 is 0.906 bits per heavy atom. The van der Waals surface area contributed by atoms with E-state index in [2.05, 4.69) is 85.4 Å². The van der Waals surface area contributed by atoms with Crippen LogP contribution in [-0.4, -0.2) is 10.7 Å². The van der Waals surface area contributed by atoms with Crippen molar-refractivity contribution >= 4 is 59.9 Å². The molecule has 3 nitrogen and oxygen atoms in total. The van der Waals surface area contributed by atoms with Crippen molar-refractivity contribution in [2.75, 3.05) is 0 Å². The van der Waals surface area contributed by atoms with Gasteiger partial charge in [-0.1, -0.05) is 76.1 Å². The number of nitrogens with zero attached hydrogens (tertiary/aromatic N) is 2. The van der Waals surface area contributed by atoms with E-state index in [1.54, 1.807) is 0 Å². The van der Waals surface area contributed by atoms with Crippen LogP contribution in [-0.2, 0) is 0 Å². The van der Waals surface area contributed by atoms with Crippen molar-refractivity contribution in [3.63, 3.8) is 0 Å². The maximum atomic E-state index is 6.52. The van der Waals surface area contributed by atoms with E-state index in [1.807, 2.05) is 30.3 Å². The van der Waals surface area contributed by atoms with Crippen molar-refractivity contribution < 1.29 is 4.74 Å². The minimum atomic E-state index is -0.360. The Morgan fingerprint density at radius 2 is 1.75 bits per heavy atom. The van der Waals surface area contributed by atoms with Gasteiger partial charge in [-0.2, -0.15) is 5.10 Å². The van der Waals surface area contributed by atoms with Gasteiger partial charge < -0.3 is 4.74 Å². The molecule has 0 radical (unpaired) electrons. The second kappa shape index (κ2) is 7.91. The van der Waals surface area contributed by atoms with Gasteiger partial charge in [-0.25, -0.2) is 5.01 Å². The number of halogens is 3. The highest BCUT2D eigenvalue weighted by atomic mass is 79.9. The molecule has 158 valence electrons. The molecule has 2 heterocycles. The zero-order valence-electron chi connectivity index (χ0n) is 16.8. The summed E-state index contributed by atoms with van der Waals surface area (Å²) in [4.78, 5) is 0. The van der Waals surface area contributed by atoms with Gasteiger partial charge in [0.15, 0.2) is 0 Å². The Kier molecular flexibility index (Phi) is 5.01. The number of hydrazone groups is 1. The van der Waals surface area contributed by atoms with Gasteiger partial charge in [-0.3, -0.25) is 0 Å². The van der Waals surface area contributed by atoms with Crippen molar-refractivity contribution in [1.82, 2.24) is 5.01 Å². The molecule has 0 aliphatic carbocycles. The van der Waals surface area contributed by atoms with Crippen molar-refractivity contribution in [2.45, 2.75) is 18.7 Å². The van der Waals surface area contributed by atoms with E-state index in [0.717, 1.165) is 43.5 Å². The van der Waals surface area contributed by atoms with Crippen LogP contribution < -0.4 is 4.74 Å². The first-order chi connectivity index (χ1) is 15.6. The average Bonchev–Trinajstić information content (AvgIpc) is 3.24. The third-order valence-corrected chi connectivity index (χ3v) is 7.31. The molecule has 4 aromatic rings. The molecule has 0 N–H and O–H groups in total. The van der Waals surface area contributed by atoms with Crippen LogP contribution >= 0.6 is 43.5 Å². The van der Waals surface area contributed by atoms with Crippen LogP contribution in [0.3, 0.4) is 0 Å². The Labute approximate surface area is 207 Å². The van der Waals surface area contributed by atoms with Crippen LogP contribution in [0.25, 0.3) is 10.8 Å². The predicted octanol–water partition coefficient (Wildman–Crippen LogP) is 8.26. The second-order valence-corrected chi connectivity index (χ2v) is 10.2. The fourth-order valence-corrected chi connectivity index (χ4v) is 6.09. The number of rotatable bonds is 2. The Bertz CT molecular complexity index is 1400. The summed E-state index contributed by atoms with van der Waals surface area (Å²) < 4.78 is 8.45. The summed E-state index contributed by atoms with van der Waals surface area (Å²) >= 11 is 13.6. The van der Waals surface area contributed by atoms with Gasteiger partial charge in [0.05, 0.1) is 16.2 Å². The normalized spacial score (nSPS) is 19.3. The topological polar surface area (TPSA) is 24.8 Å². The van der Waals surface area contributed by atoms with Crippen LogP contribution in [0.4, 0.5) is 0 Å². The molecule has 32 heavy (non-hydrogen) atoms. The van der Waals surface area contributed by atoms with Gasteiger partial charge in [0.25, 0.3) is 0 Å². The van der Waals surface area contributed by atoms with Crippen LogP contribution in [0.2, 0.25) is 5.02 Å². The SMILES string of the molecule is Clc1cccc([C@H]2Oc3c(Br)cc(Br)cc3[C@@H]3CC(c4ccc5ccccc5c4)=NN23)c1. The molecule has 6 heteroatoms. The minimum absolute atomic E-state index is 0.0676. The highest BCUT2D eigenvalue weighted by Crippen LogP contribution is 2.51. The molecule has 4 aromatic carbocycles. The number of benzene rings is 4. The first kappa shape index (κ1) is 20.3. The molecule has 2 aliphatic rings. The Hall–Kier alpha value is -2.34. The van der Waals surface area contributed by atoms with Gasteiger partial charge in [0.1, 0.15) is 5.75 Å². The van der Waals surface area contributed by atoms with Crippen molar-refractivity contribution in [2.24, 2.45) is 5.10 Å². The molecule has 0 saturated heterocycles. The number of fused-ring (bicyclic) bond motifs is 4. The van der Waals surface area contributed by atoms with Crippen LogP contribution in [0.15, 0.2) is 92.9 Å². The summed E-state index contributed by atoms with van der Waals surface area (Å²) in [5.74, 6) is 0.856. The lowest BCUT2D eigenvalue weighted by atomic mass is 9.95. The fraction of sp³-hybridized carbons (Fsp3) is 0.115. The van der Waals surface area contributed by atoms with Crippen molar-refractivity contribution in [1.29, 1.82) is 0 Å². The fourth-order valence-electron chi connectivity index (χ4n) is 4.54. The monoisotopic (exact) mass is 566 g/mol. The summed E-state index contributed by atoms with van der Waals surface area (Å²) in [6.07, 6.45) is 0.441. The van der Waals surface area contributed by atoms with E-state index in [-0.39, 0.29) is 12.3 Å². The van der Waals surface area contributed by atoms with E-state index >= 15 is 0 Å². The smallest absolute Gasteiger partial charge is 0.213 e. The molecule has 2 atom stereocenters. The Balaban J connectivity index is 1.48. The highest BCUT2D eigenvalue weighted by Gasteiger charge is 2.42. The van der Waals surface area contributed by atoms with Crippen molar-refractivity contribution in [3.05, 3.63) is 110 Å². The molecular formula is C26H17Br2ClN2O. The van der Waals surface area contributed by atoms with Crippen LogP contribution in [0, 0.1) is 0 Å². The average molecular weight is 569 g/mol. The summed E-state index contributed by atoms with van der Waals surface area (Å²) in [6.45, 7) is 0. The first-order valence-corrected chi connectivity index (χ1v) is 12.3. The molecular weight excluding hydrogens is 552 g/mol. The second-order valence-electron chi connectivity index (χ2n) is 8.04. The van der Waals surface area contributed by atoms with Crippen LogP contribution in [0.1, 0.15) is 35.4 Å². The maximum absolute atomic E-state index is 6.52. The molecule has 0 amide bonds. The first-order valence-electron chi connectivity index (χ1n) is 10.3. The van der Waals surface area contributed by atoms with Crippen molar-refractivity contribution in [3.8, 4) is 5.75 Å². The van der Waals surface area contributed by atoms with Gasteiger partial charge in [0, 0.05) is 27.0 Å². The molecule has 0 fully saturated rings. The standard InChI is InChI=1S/C26H17Br2ClN2O/c27-19-12-21-24-14-23(17-9-8-15-4-1-2-5-16(15)10-17)30-31(24)26(32-25(21)22(28)13-19)18-6-3-7-20(29)11-18/h1-13,24,26H,14H2/t24-,26+/m0/s1. The van der Waals surface area contributed by atoms with E-state index in [9.17, 15) is 0 Å². The molecule has 6 rings (SSSR count). The van der Waals surface area contributed by atoms with Crippen LogP contribution in [0.5, 0.6) is 5.75 Å². The molecule has 0 aromatic heterocycles. The number of ether oxygens (including phenoxy) is 1. The van der Waals surface area contributed by atoms with Gasteiger partial charge in [0.2, 0.25) is 6.23 Å². The quantitative estimate of drug-likeness (QED) is 0.243. The molecule has 0 saturated carbocycles.